The quantitative estimate of drug-likeness (QED) is 0.800. The summed E-state index contributed by atoms with van der Waals surface area (Å²) in [7, 11) is 2.28. The van der Waals surface area contributed by atoms with Crippen LogP contribution in [0.4, 0.5) is 0 Å². The SMILES string of the molecule is COC(C(=O)O)C(OC)(C(=O)O)c1ccccc1C. The Morgan fingerprint density at radius 2 is 1.79 bits per heavy atom. The van der Waals surface area contributed by atoms with E-state index in [-0.39, 0.29) is 5.56 Å². The molecule has 2 unspecified atom stereocenters. The number of methoxy groups -OCH3 is 2. The molecule has 2 N–H and O–H groups in total. The summed E-state index contributed by atoms with van der Waals surface area (Å²) in [5.74, 6) is -2.83. The zero-order valence-corrected chi connectivity index (χ0v) is 10.9. The van der Waals surface area contributed by atoms with Crippen molar-refractivity contribution >= 4 is 11.9 Å². The van der Waals surface area contributed by atoms with Gasteiger partial charge in [-0.25, -0.2) is 9.59 Å². The number of hydrogen-bond donors (Lipinski definition) is 2. The molecule has 0 radical (unpaired) electrons. The minimum Gasteiger partial charge on any atom is -0.479 e. The van der Waals surface area contributed by atoms with Crippen LogP contribution in [0, 0.1) is 6.92 Å². The van der Waals surface area contributed by atoms with Gasteiger partial charge in [0.2, 0.25) is 5.60 Å². The van der Waals surface area contributed by atoms with Gasteiger partial charge in [0.1, 0.15) is 0 Å². The molecule has 0 aliphatic carbocycles. The van der Waals surface area contributed by atoms with Gasteiger partial charge in [-0.15, -0.1) is 0 Å². The Balaban J connectivity index is 3.56. The monoisotopic (exact) mass is 268 g/mol. The number of ether oxygens (including phenoxy) is 2. The van der Waals surface area contributed by atoms with E-state index >= 15 is 0 Å². The first-order chi connectivity index (χ1) is 8.91. The van der Waals surface area contributed by atoms with Gasteiger partial charge < -0.3 is 19.7 Å². The molecular formula is C13H16O6. The lowest BCUT2D eigenvalue weighted by molar-refractivity contribution is -0.194. The van der Waals surface area contributed by atoms with Crippen LogP contribution in [0.3, 0.4) is 0 Å². The fourth-order valence-electron chi connectivity index (χ4n) is 2.10. The van der Waals surface area contributed by atoms with Gasteiger partial charge in [0.05, 0.1) is 0 Å². The summed E-state index contributed by atoms with van der Waals surface area (Å²) in [5, 5.41) is 18.7. The summed E-state index contributed by atoms with van der Waals surface area (Å²) < 4.78 is 9.91. The maximum Gasteiger partial charge on any atom is 0.344 e. The van der Waals surface area contributed by atoms with Crippen LogP contribution in [0.25, 0.3) is 0 Å². The van der Waals surface area contributed by atoms with Gasteiger partial charge in [0.25, 0.3) is 0 Å². The number of carboxylic acids is 2. The van der Waals surface area contributed by atoms with Crippen LogP contribution < -0.4 is 0 Å². The second-order valence-corrected chi connectivity index (χ2v) is 4.01. The first kappa shape index (κ1) is 15.1. The van der Waals surface area contributed by atoms with Gasteiger partial charge in [-0.1, -0.05) is 24.3 Å². The van der Waals surface area contributed by atoms with Crippen LogP contribution in [-0.4, -0.2) is 42.5 Å². The van der Waals surface area contributed by atoms with Crippen molar-refractivity contribution in [2.75, 3.05) is 14.2 Å². The third-order valence-corrected chi connectivity index (χ3v) is 3.01. The summed E-state index contributed by atoms with van der Waals surface area (Å²) in [4.78, 5) is 22.9. The van der Waals surface area contributed by atoms with Crippen molar-refractivity contribution in [2.45, 2.75) is 18.6 Å². The summed E-state index contributed by atoms with van der Waals surface area (Å²) >= 11 is 0. The van der Waals surface area contributed by atoms with E-state index in [0.29, 0.717) is 5.56 Å². The molecule has 104 valence electrons. The predicted octanol–water partition coefficient (Wildman–Crippen LogP) is 1.02. The molecule has 19 heavy (non-hydrogen) atoms. The number of aliphatic carboxylic acids is 2. The van der Waals surface area contributed by atoms with Gasteiger partial charge >= 0.3 is 11.9 Å². The highest BCUT2D eigenvalue weighted by Gasteiger charge is 2.53. The molecule has 6 nitrogen and oxygen atoms in total. The van der Waals surface area contributed by atoms with Crippen molar-refractivity contribution in [3.63, 3.8) is 0 Å². The molecule has 1 aromatic carbocycles. The first-order valence-electron chi connectivity index (χ1n) is 5.52. The molecule has 0 aromatic heterocycles. The Hall–Kier alpha value is -1.92. The third-order valence-electron chi connectivity index (χ3n) is 3.01. The van der Waals surface area contributed by atoms with Crippen LogP contribution in [0.15, 0.2) is 24.3 Å². The fourth-order valence-corrected chi connectivity index (χ4v) is 2.10. The number of carbonyl (C=O) groups is 2. The van der Waals surface area contributed by atoms with E-state index in [1.165, 1.54) is 6.07 Å². The molecule has 0 aliphatic rings. The third kappa shape index (κ3) is 2.45. The van der Waals surface area contributed by atoms with Crippen LogP contribution in [0.1, 0.15) is 11.1 Å². The van der Waals surface area contributed by atoms with E-state index in [2.05, 4.69) is 0 Å². The van der Waals surface area contributed by atoms with E-state index in [0.717, 1.165) is 14.2 Å². The molecule has 0 saturated carbocycles. The smallest absolute Gasteiger partial charge is 0.344 e. The van der Waals surface area contributed by atoms with Crippen molar-refractivity contribution in [1.29, 1.82) is 0 Å². The average molecular weight is 268 g/mol. The molecule has 0 heterocycles. The van der Waals surface area contributed by atoms with Crippen molar-refractivity contribution in [1.82, 2.24) is 0 Å². The molecule has 1 rings (SSSR count). The Morgan fingerprint density at radius 3 is 2.16 bits per heavy atom. The lowest BCUT2D eigenvalue weighted by Gasteiger charge is -2.33. The number of rotatable bonds is 6. The van der Waals surface area contributed by atoms with E-state index in [1.807, 2.05) is 0 Å². The molecule has 0 bridgehead atoms. The lowest BCUT2D eigenvalue weighted by Crippen LogP contribution is -2.53. The second-order valence-electron chi connectivity index (χ2n) is 4.01. The minimum absolute atomic E-state index is 0.249. The zero-order valence-electron chi connectivity index (χ0n) is 10.9. The molecule has 0 amide bonds. The first-order valence-corrected chi connectivity index (χ1v) is 5.52. The normalized spacial score (nSPS) is 15.5. The minimum atomic E-state index is -2.09. The molecule has 1 aromatic rings. The van der Waals surface area contributed by atoms with Crippen LogP contribution >= 0.6 is 0 Å². The number of hydrogen-bond acceptors (Lipinski definition) is 4. The second kappa shape index (κ2) is 5.81. The van der Waals surface area contributed by atoms with Crippen molar-refractivity contribution in [2.24, 2.45) is 0 Å². The highest BCUT2D eigenvalue weighted by Crippen LogP contribution is 2.33. The van der Waals surface area contributed by atoms with Crippen molar-refractivity contribution < 1.29 is 29.3 Å². The highest BCUT2D eigenvalue weighted by atomic mass is 16.6. The van der Waals surface area contributed by atoms with Gasteiger partial charge in [-0.05, 0) is 12.5 Å². The summed E-state index contributed by atoms with van der Waals surface area (Å²) in [6, 6.07) is 6.54. The van der Waals surface area contributed by atoms with E-state index < -0.39 is 23.6 Å². The molecule has 0 fully saturated rings. The fraction of sp³-hybridized carbons (Fsp3) is 0.385. The molecule has 0 aliphatic heterocycles. The summed E-state index contributed by atoms with van der Waals surface area (Å²) in [5.41, 5.74) is -1.24. The Morgan fingerprint density at radius 1 is 1.21 bits per heavy atom. The van der Waals surface area contributed by atoms with E-state index in [4.69, 9.17) is 9.47 Å². The number of aryl methyl sites for hydroxylation is 1. The van der Waals surface area contributed by atoms with Gasteiger partial charge in [-0.2, -0.15) is 0 Å². The van der Waals surface area contributed by atoms with Gasteiger partial charge in [-0.3, -0.25) is 0 Å². The topological polar surface area (TPSA) is 93.1 Å². The van der Waals surface area contributed by atoms with Crippen LogP contribution in [-0.2, 0) is 24.7 Å². The zero-order chi connectivity index (χ0) is 14.6. The van der Waals surface area contributed by atoms with Crippen molar-refractivity contribution in [3.05, 3.63) is 35.4 Å². The molecule has 0 spiro atoms. The molecular weight excluding hydrogens is 252 g/mol. The number of carboxylic acid groups (broad SMARTS) is 2. The summed E-state index contributed by atoms with van der Waals surface area (Å²) in [6.45, 7) is 1.68. The standard InChI is InChI=1S/C13H16O6/c1-8-6-4-5-7-9(8)13(19-3,12(16)17)10(18-2)11(14)15/h4-7,10H,1-3H3,(H,14,15)(H,16,17). The highest BCUT2D eigenvalue weighted by molar-refractivity contribution is 5.89. The van der Waals surface area contributed by atoms with Crippen molar-refractivity contribution in [3.8, 4) is 0 Å². The average Bonchev–Trinajstić information content (AvgIpc) is 2.36. The molecule has 0 saturated heterocycles. The van der Waals surface area contributed by atoms with Crippen LogP contribution in [0.5, 0.6) is 0 Å². The Bertz CT molecular complexity index is 484. The maximum atomic E-state index is 11.6. The lowest BCUT2D eigenvalue weighted by atomic mass is 9.85. The maximum absolute atomic E-state index is 11.6. The van der Waals surface area contributed by atoms with Gasteiger partial charge in [0.15, 0.2) is 6.10 Å². The number of benzene rings is 1. The van der Waals surface area contributed by atoms with Crippen LogP contribution in [0.2, 0.25) is 0 Å². The van der Waals surface area contributed by atoms with Gasteiger partial charge in [0, 0.05) is 19.8 Å². The predicted molar refractivity (Wildman–Crippen MR) is 65.9 cm³/mol. The summed E-state index contributed by atoms with van der Waals surface area (Å²) in [6.07, 6.45) is -1.66. The Kier molecular flexibility index (Phi) is 4.63. The van der Waals surface area contributed by atoms with E-state index in [1.54, 1.807) is 25.1 Å². The molecule has 2 atom stereocenters. The largest absolute Gasteiger partial charge is 0.479 e. The van der Waals surface area contributed by atoms with E-state index in [9.17, 15) is 19.8 Å². The molecule has 6 heteroatoms. The Labute approximate surface area is 110 Å².